The highest BCUT2D eigenvalue weighted by atomic mass is 16.7. The molecular weight excluding hydrogens is 386 g/mol. The molecule has 0 aliphatic carbocycles. The largest absolute Gasteiger partial charge is 0.470 e. The van der Waals surface area contributed by atoms with Gasteiger partial charge in [-0.05, 0) is 39.2 Å². The summed E-state index contributed by atoms with van der Waals surface area (Å²) in [6, 6.07) is 10.4. The molecule has 0 spiro atoms. The Morgan fingerprint density at radius 1 is 1.13 bits per heavy atom. The van der Waals surface area contributed by atoms with Crippen LogP contribution in [0.2, 0.25) is 0 Å². The van der Waals surface area contributed by atoms with Gasteiger partial charge in [0.25, 0.3) is 0 Å². The monoisotopic (exact) mass is 431 g/mol. The van der Waals surface area contributed by atoms with Gasteiger partial charge in [-0.1, -0.05) is 77.6 Å². The van der Waals surface area contributed by atoms with Gasteiger partial charge in [-0.25, -0.2) is 0 Å². The first-order chi connectivity index (χ1) is 14.7. The average molecular weight is 432 g/mol. The van der Waals surface area contributed by atoms with Crippen LogP contribution in [0.5, 0.6) is 0 Å². The molecule has 1 aliphatic heterocycles. The standard InChI is InChI=1S/C25H39NO3.C2H6/c1-9-18-28-25(27-12-4)19-23(7,10-2)26(24(8,11-3)21(25)6)29-20(5)22-16-14-13-15-17-22;1-2/h9,12-17,20-21H,1,4,10-11,18-19H2,2-3,5-8H3;1-2H3. The Morgan fingerprint density at radius 2 is 1.74 bits per heavy atom. The molecule has 5 atom stereocenters. The van der Waals surface area contributed by atoms with Crippen molar-refractivity contribution in [2.24, 2.45) is 5.92 Å². The van der Waals surface area contributed by atoms with Gasteiger partial charge >= 0.3 is 0 Å². The number of piperidine rings is 1. The molecule has 0 radical (unpaired) electrons. The third-order valence-electron chi connectivity index (χ3n) is 6.91. The van der Waals surface area contributed by atoms with Crippen LogP contribution in [0, 0.1) is 5.92 Å². The molecule has 4 heteroatoms. The fourth-order valence-corrected chi connectivity index (χ4v) is 4.63. The Kier molecular flexibility index (Phi) is 10.5. The topological polar surface area (TPSA) is 30.9 Å². The summed E-state index contributed by atoms with van der Waals surface area (Å²) in [6.07, 6.45) is 5.70. The second-order valence-electron chi connectivity index (χ2n) is 8.61. The number of benzene rings is 1. The Balaban J connectivity index is 0.00000233. The molecule has 31 heavy (non-hydrogen) atoms. The number of hydrogen-bond acceptors (Lipinski definition) is 4. The number of nitrogens with zero attached hydrogens (tertiary/aromatic N) is 1. The fraction of sp³-hybridized carbons (Fsp3) is 0.630. The van der Waals surface area contributed by atoms with Gasteiger partial charge < -0.3 is 9.47 Å². The van der Waals surface area contributed by atoms with Crippen molar-refractivity contribution >= 4 is 0 Å². The minimum atomic E-state index is -0.776. The van der Waals surface area contributed by atoms with Gasteiger partial charge in [-0.3, -0.25) is 4.84 Å². The van der Waals surface area contributed by atoms with Crippen LogP contribution in [0.4, 0.5) is 0 Å². The molecule has 1 aromatic carbocycles. The molecule has 1 fully saturated rings. The fourth-order valence-electron chi connectivity index (χ4n) is 4.63. The average Bonchev–Trinajstić information content (AvgIpc) is 2.81. The van der Waals surface area contributed by atoms with Gasteiger partial charge in [0.2, 0.25) is 5.79 Å². The molecule has 1 aromatic rings. The summed E-state index contributed by atoms with van der Waals surface area (Å²) in [4.78, 5) is 6.71. The summed E-state index contributed by atoms with van der Waals surface area (Å²) < 4.78 is 12.4. The summed E-state index contributed by atoms with van der Waals surface area (Å²) in [6.45, 7) is 25.3. The molecule has 1 aliphatic rings. The van der Waals surface area contributed by atoms with Crippen molar-refractivity contribution < 1.29 is 14.3 Å². The van der Waals surface area contributed by atoms with Crippen molar-refractivity contribution in [2.75, 3.05) is 6.61 Å². The lowest BCUT2D eigenvalue weighted by atomic mass is 9.67. The van der Waals surface area contributed by atoms with E-state index >= 15 is 0 Å². The van der Waals surface area contributed by atoms with E-state index in [1.807, 2.05) is 19.9 Å². The van der Waals surface area contributed by atoms with Crippen LogP contribution >= 0.6 is 0 Å². The van der Waals surface area contributed by atoms with E-state index in [1.54, 1.807) is 6.08 Å². The van der Waals surface area contributed by atoms with E-state index in [4.69, 9.17) is 14.3 Å². The van der Waals surface area contributed by atoms with Crippen LogP contribution in [0.3, 0.4) is 0 Å². The Bertz CT molecular complexity index is 678. The van der Waals surface area contributed by atoms with Crippen molar-refractivity contribution in [3.63, 3.8) is 0 Å². The molecule has 1 heterocycles. The van der Waals surface area contributed by atoms with E-state index in [2.05, 4.69) is 84.0 Å². The lowest BCUT2D eigenvalue weighted by molar-refractivity contribution is -0.387. The van der Waals surface area contributed by atoms with Crippen LogP contribution in [-0.4, -0.2) is 28.5 Å². The molecular formula is C27H45NO3. The summed E-state index contributed by atoms with van der Waals surface area (Å²) in [7, 11) is 0. The Labute approximate surface area is 191 Å². The number of hydroxylamine groups is 2. The minimum absolute atomic E-state index is 0.0422. The van der Waals surface area contributed by atoms with E-state index in [0.717, 1.165) is 12.8 Å². The highest BCUT2D eigenvalue weighted by Gasteiger charge is 2.62. The second-order valence-corrected chi connectivity index (χ2v) is 8.61. The summed E-state index contributed by atoms with van der Waals surface area (Å²) in [5.41, 5.74) is 0.597. The lowest BCUT2D eigenvalue weighted by Crippen LogP contribution is -2.72. The third-order valence-corrected chi connectivity index (χ3v) is 6.91. The van der Waals surface area contributed by atoms with E-state index in [1.165, 1.54) is 11.8 Å². The smallest absolute Gasteiger partial charge is 0.216 e. The van der Waals surface area contributed by atoms with Crippen LogP contribution < -0.4 is 0 Å². The lowest BCUT2D eigenvalue weighted by Gasteiger charge is -2.62. The zero-order valence-corrected chi connectivity index (χ0v) is 21.1. The van der Waals surface area contributed by atoms with Gasteiger partial charge in [0, 0.05) is 12.3 Å². The molecule has 4 nitrogen and oxygen atoms in total. The molecule has 0 bridgehead atoms. The van der Waals surface area contributed by atoms with Crippen molar-refractivity contribution in [3.05, 3.63) is 61.4 Å². The zero-order valence-electron chi connectivity index (χ0n) is 21.1. The van der Waals surface area contributed by atoms with E-state index in [-0.39, 0.29) is 23.1 Å². The third kappa shape index (κ3) is 5.60. The number of ether oxygens (including phenoxy) is 2. The quantitative estimate of drug-likeness (QED) is 0.219. The number of rotatable bonds is 10. The Hall–Kier alpha value is -1.62. The van der Waals surface area contributed by atoms with Crippen molar-refractivity contribution in [1.29, 1.82) is 0 Å². The van der Waals surface area contributed by atoms with E-state index < -0.39 is 5.79 Å². The molecule has 5 unspecified atom stereocenters. The van der Waals surface area contributed by atoms with Gasteiger partial charge in [0.05, 0.1) is 23.9 Å². The van der Waals surface area contributed by atoms with Gasteiger partial charge in [-0.2, -0.15) is 5.06 Å². The molecule has 0 aromatic heterocycles. The summed E-state index contributed by atoms with van der Waals surface area (Å²) in [5, 5.41) is 2.24. The number of hydrogen-bond donors (Lipinski definition) is 0. The zero-order chi connectivity index (χ0) is 23.7. The van der Waals surface area contributed by atoms with Gasteiger partial charge in [0.1, 0.15) is 6.10 Å². The molecule has 2 rings (SSSR count). The van der Waals surface area contributed by atoms with Crippen molar-refractivity contribution in [2.45, 2.75) is 97.6 Å². The van der Waals surface area contributed by atoms with Crippen LogP contribution in [0.25, 0.3) is 0 Å². The first-order valence-electron chi connectivity index (χ1n) is 11.8. The van der Waals surface area contributed by atoms with Crippen molar-refractivity contribution in [1.82, 2.24) is 5.06 Å². The predicted octanol–water partition coefficient (Wildman–Crippen LogP) is 7.44. The highest BCUT2D eigenvalue weighted by Crippen LogP contribution is 2.53. The Morgan fingerprint density at radius 3 is 2.23 bits per heavy atom. The van der Waals surface area contributed by atoms with Crippen LogP contribution in [0.15, 0.2) is 55.8 Å². The summed E-state index contributed by atoms with van der Waals surface area (Å²) in [5.74, 6) is -0.734. The first kappa shape index (κ1) is 27.4. The highest BCUT2D eigenvalue weighted by molar-refractivity contribution is 5.17. The van der Waals surface area contributed by atoms with Gasteiger partial charge in [-0.15, -0.1) is 6.58 Å². The van der Waals surface area contributed by atoms with Crippen molar-refractivity contribution in [3.8, 4) is 0 Å². The second kappa shape index (κ2) is 11.8. The molecule has 176 valence electrons. The first-order valence-corrected chi connectivity index (χ1v) is 11.8. The predicted molar refractivity (Wildman–Crippen MR) is 130 cm³/mol. The van der Waals surface area contributed by atoms with Crippen LogP contribution in [-0.2, 0) is 14.3 Å². The SMILES string of the molecule is C=CCOC1(OC=C)CC(C)(CC)N(OC(C)c2ccccc2)C(C)(CC)C1C.CC. The molecule has 0 saturated carbocycles. The molecule has 0 amide bonds. The normalized spacial score (nSPS) is 31.8. The van der Waals surface area contributed by atoms with Gasteiger partial charge in [0.15, 0.2) is 0 Å². The molecule has 0 N–H and O–H groups in total. The molecule has 1 saturated heterocycles. The summed E-state index contributed by atoms with van der Waals surface area (Å²) >= 11 is 0. The van der Waals surface area contributed by atoms with E-state index in [0.29, 0.717) is 13.0 Å². The van der Waals surface area contributed by atoms with E-state index in [9.17, 15) is 0 Å². The maximum absolute atomic E-state index is 6.71. The maximum atomic E-state index is 6.71. The maximum Gasteiger partial charge on any atom is 0.216 e. The van der Waals surface area contributed by atoms with Crippen LogP contribution in [0.1, 0.15) is 86.3 Å². The minimum Gasteiger partial charge on any atom is -0.470 e.